The van der Waals surface area contributed by atoms with Crippen molar-refractivity contribution in [1.29, 1.82) is 0 Å². The summed E-state index contributed by atoms with van der Waals surface area (Å²) in [6.45, 7) is 4.25. The second kappa shape index (κ2) is 8.72. The molecule has 6 rings (SSSR count). The molecule has 4 heterocycles. The monoisotopic (exact) mass is 518 g/mol. The van der Waals surface area contributed by atoms with E-state index in [1.165, 1.54) is 0 Å². The van der Waals surface area contributed by atoms with E-state index >= 15 is 0 Å². The second-order valence-corrected chi connectivity index (χ2v) is 9.65. The number of nitrogens with one attached hydrogen (secondary N) is 1. The molecule has 2 aromatic heterocycles. The lowest BCUT2D eigenvalue weighted by Gasteiger charge is -2.28. The summed E-state index contributed by atoms with van der Waals surface area (Å²) in [5, 5.41) is 15.3. The summed E-state index contributed by atoms with van der Waals surface area (Å²) in [5.41, 5.74) is 5.37. The Morgan fingerprint density at radius 3 is 2.69 bits per heavy atom. The van der Waals surface area contributed by atoms with Gasteiger partial charge in [0.2, 0.25) is 6.79 Å². The van der Waals surface area contributed by atoms with Crippen LogP contribution in [-0.4, -0.2) is 26.6 Å². The van der Waals surface area contributed by atoms with E-state index in [1.54, 1.807) is 24.4 Å². The van der Waals surface area contributed by atoms with Crippen LogP contribution in [0.5, 0.6) is 17.2 Å². The van der Waals surface area contributed by atoms with E-state index < -0.39 is 0 Å². The number of pyridine rings is 1. The zero-order chi connectivity index (χ0) is 25.0. The SMILES string of the molecule is Cc1cc([C@H]2[C@H](c3ccccn3)NC(=S)N2c2ccc3c(c2)OCO3)c(C)n1-c1cc(Cl)ccc1O. The third-order valence-corrected chi connectivity index (χ3v) is 7.25. The topological polar surface area (TPSA) is 71.8 Å². The van der Waals surface area contributed by atoms with E-state index in [-0.39, 0.29) is 24.6 Å². The van der Waals surface area contributed by atoms with Crippen molar-refractivity contribution in [3.05, 3.63) is 94.5 Å². The minimum atomic E-state index is -0.214. The highest BCUT2D eigenvalue weighted by Gasteiger charge is 2.42. The minimum absolute atomic E-state index is 0.154. The number of phenolic OH excluding ortho intramolecular Hbond substituents is 1. The van der Waals surface area contributed by atoms with Gasteiger partial charge < -0.3 is 29.4 Å². The summed E-state index contributed by atoms with van der Waals surface area (Å²) in [4.78, 5) is 6.74. The molecule has 1 saturated heterocycles. The van der Waals surface area contributed by atoms with Gasteiger partial charge in [-0.1, -0.05) is 17.7 Å². The van der Waals surface area contributed by atoms with Gasteiger partial charge in [0, 0.05) is 34.4 Å². The predicted octanol–water partition coefficient (Wildman–Crippen LogP) is 5.75. The second-order valence-electron chi connectivity index (χ2n) is 8.83. The molecule has 0 bridgehead atoms. The highest BCUT2D eigenvalue weighted by atomic mass is 35.5. The Morgan fingerprint density at radius 2 is 1.89 bits per heavy atom. The molecule has 0 saturated carbocycles. The number of anilines is 1. The Bertz CT molecular complexity index is 1490. The first-order chi connectivity index (χ1) is 17.4. The van der Waals surface area contributed by atoms with Gasteiger partial charge in [-0.3, -0.25) is 4.98 Å². The van der Waals surface area contributed by atoms with E-state index in [4.69, 9.17) is 33.3 Å². The van der Waals surface area contributed by atoms with Gasteiger partial charge in [0.05, 0.1) is 23.5 Å². The maximum atomic E-state index is 10.6. The van der Waals surface area contributed by atoms with E-state index in [9.17, 15) is 5.11 Å². The van der Waals surface area contributed by atoms with Crippen molar-refractivity contribution in [3.63, 3.8) is 0 Å². The summed E-state index contributed by atoms with van der Waals surface area (Å²) in [7, 11) is 0. The molecular formula is C27H23ClN4O3S. The number of ether oxygens (including phenoxy) is 2. The average molecular weight is 519 g/mol. The largest absolute Gasteiger partial charge is 0.506 e. The summed E-state index contributed by atoms with van der Waals surface area (Å²) >= 11 is 12.2. The van der Waals surface area contributed by atoms with Gasteiger partial charge in [-0.15, -0.1) is 0 Å². The van der Waals surface area contributed by atoms with Crippen LogP contribution in [0.25, 0.3) is 5.69 Å². The normalized spacial score (nSPS) is 18.5. The molecule has 182 valence electrons. The molecule has 9 heteroatoms. The Hall–Kier alpha value is -3.75. The number of aryl methyl sites for hydroxylation is 1. The number of thiocarbonyl (C=S) groups is 1. The number of phenols is 1. The predicted molar refractivity (Wildman–Crippen MR) is 142 cm³/mol. The summed E-state index contributed by atoms with van der Waals surface area (Å²) < 4.78 is 13.2. The molecule has 0 radical (unpaired) electrons. The van der Waals surface area contributed by atoms with E-state index in [2.05, 4.69) is 21.3 Å². The van der Waals surface area contributed by atoms with Crippen LogP contribution in [0.3, 0.4) is 0 Å². The molecular weight excluding hydrogens is 496 g/mol. The molecule has 0 unspecified atom stereocenters. The van der Waals surface area contributed by atoms with Crippen molar-refractivity contribution in [1.82, 2.24) is 14.9 Å². The molecule has 0 amide bonds. The van der Waals surface area contributed by atoms with Crippen LogP contribution in [0.4, 0.5) is 5.69 Å². The van der Waals surface area contributed by atoms with Gasteiger partial charge in [-0.25, -0.2) is 0 Å². The lowest BCUT2D eigenvalue weighted by Crippen LogP contribution is -2.29. The molecule has 2 N–H and O–H groups in total. The number of halogens is 1. The van der Waals surface area contributed by atoms with E-state index in [1.807, 2.05) is 54.8 Å². The van der Waals surface area contributed by atoms with Crippen LogP contribution in [0, 0.1) is 13.8 Å². The van der Waals surface area contributed by atoms with Crippen LogP contribution in [0.15, 0.2) is 66.9 Å². The Balaban J connectivity index is 1.53. The number of rotatable bonds is 4. The Labute approximate surface area is 218 Å². The highest BCUT2D eigenvalue weighted by Crippen LogP contribution is 2.46. The standard InChI is InChI=1S/C27H23ClN4O3S/c1-15-11-19(16(2)31(15)21-12-17(28)6-8-22(21)33)26-25(20-5-3-4-10-29-20)30-27(36)32(26)18-7-9-23-24(13-18)35-14-34-23/h3-13,25-26,33H,14H2,1-2H3,(H,30,36)/t25-,26-/m0/s1. The number of hydrogen-bond acceptors (Lipinski definition) is 5. The summed E-state index contributed by atoms with van der Waals surface area (Å²) in [5.74, 6) is 1.55. The van der Waals surface area contributed by atoms with Crippen LogP contribution in [0.1, 0.15) is 34.7 Å². The van der Waals surface area contributed by atoms with Crippen LogP contribution >= 0.6 is 23.8 Å². The molecule has 36 heavy (non-hydrogen) atoms. The van der Waals surface area contributed by atoms with Gasteiger partial charge in [0.1, 0.15) is 5.75 Å². The lowest BCUT2D eigenvalue weighted by molar-refractivity contribution is 0.174. The number of benzene rings is 2. The molecule has 2 aromatic carbocycles. The third-order valence-electron chi connectivity index (χ3n) is 6.70. The van der Waals surface area contributed by atoms with Crippen molar-refractivity contribution in [2.75, 3.05) is 11.7 Å². The molecule has 2 aliphatic heterocycles. The molecule has 0 aliphatic carbocycles. The molecule has 0 spiro atoms. The van der Waals surface area contributed by atoms with Crippen molar-refractivity contribution >= 4 is 34.6 Å². The van der Waals surface area contributed by atoms with Gasteiger partial charge in [-0.2, -0.15) is 0 Å². The first-order valence-corrected chi connectivity index (χ1v) is 12.3. The fraction of sp³-hybridized carbons (Fsp3) is 0.185. The van der Waals surface area contributed by atoms with Crippen LogP contribution < -0.4 is 19.7 Å². The molecule has 4 aromatic rings. The number of fused-ring (bicyclic) bond motifs is 1. The van der Waals surface area contributed by atoms with Gasteiger partial charge in [-0.05, 0) is 80.2 Å². The van der Waals surface area contributed by atoms with Crippen molar-refractivity contribution in [2.24, 2.45) is 0 Å². The summed E-state index contributed by atoms with van der Waals surface area (Å²) in [6, 6.07) is 18.5. The van der Waals surface area contributed by atoms with E-state index in [0.717, 1.165) is 28.3 Å². The maximum absolute atomic E-state index is 10.6. The highest BCUT2D eigenvalue weighted by molar-refractivity contribution is 7.80. The molecule has 1 fully saturated rings. The first-order valence-electron chi connectivity index (χ1n) is 11.5. The molecule has 7 nitrogen and oxygen atoms in total. The molecule has 2 atom stereocenters. The lowest BCUT2D eigenvalue weighted by atomic mass is 9.96. The fourth-order valence-corrected chi connectivity index (χ4v) is 5.63. The first kappa shape index (κ1) is 22.7. The Morgan fingerprint density at radius 1 is 1.06 bits per heavy atom. The van der Waals surface area contributed by atoms with Gasteiger partial charge in [0.25, 0.3) is 0 Å². The smallest absolute Gasteiger partial charge is 0.231 e. The third kappa shape index (κ3) is 3.65. The van der Waals surface area contributed by atoms with Crippen LogP contribution in [0.2, 0.25) is 5.02 Å². The zero-order valence-electron chi connectivity index (χ0n) is 19.6. The maximum Gasteiger partial charge on any atom is 0.231 e. The average Bonchev–Trinajstić information content (AvgIpc) is 3.56. The van der Waals surface area contributed by atoms with Gasteiger partial charge >= 0.3 is 0 Å². The zero-order valence-corrected chi connectivity index (χ0v) is 21.2. The number of aromatic nitrogens is 2. The number of nitrogens with zero attached hydrogens (tertiary/aromatic N) is 3. The van der Waals surface area contributed by atoms with Gasteiger partial charge in [0.15, 0.2) is 16.6 Å². The minimum Gasteiger partial charge on any atom is -0.506 e. The van der Waals surface area contributed by atoms with Crippen molar-refractivity contribution in [2.45, 2.75) is 25.9 Å². The number of hydrogen-bond donors (Lipinski definition) is 2. The molecule has 2 aliphatic rings. The Kier molecular flexibility index (Phi) is 5.50. The van der Waals surface area contributed by atoms with Crippen molar-refractivity contribution in [3.8, 4) is 22.9 Å². The fourth-order valence-electron chi connectivity index (χ4n) is 5.12. The van der Waals surface area contributed by atoms with Crippen LogP contribution in [-0.2, 0) is 0 Å². The number of aromatic hydroxyl groups is 1. The van der Waals surface area contributed by atoms with Crippen molar-refractivity contribution < 1.29 is 14.6 Å². The summed E-state index contributed by atoms with van der Waals surface area (Å²) in [6.07, 6.45) is 1.79. The van der Waals surface area contributed by atoms with E-state index in [0.29, 0.717) is 27.3 Å². The quantitative estimate of drug-likeness (QED) is 0.333.